The van der Waals surface area contributed by atoms with Crippen LogP contribution in [0, 0.1) is 0 Å². The Bertz CT molecular complexity index is 908. The number of hydrogen-bond acceptors (Lipinski definition) is 5. The smallest absolute Gasteiger partial charge is 0.336 e. The van der Waals surface area contributed by atoms with E-state index in [2.05, 4.69) is 4.72 Å². The van der Waals surface area contributed by atoms with Crippen molar-refractivity contribution in [2.24, 2.45) is 0 Å². The highest BCUT2D eigenvalue weighted by molar-refractivity contribution is 8.11. The van der Waals surface area contributed by atoms with Crippen molar-refractivity contribution in [1.29, 1.82) is 0 Å². The van der Waals surface area contributed by atoms with Gasteiger partial charge in [-0.3, -0.25) is 0 Å². The fourth-order valence-corrected chi connectivity index (χ4v) is 6.48. The molecule has 1 aromatic carbocycles. The summed E-state index contributed by atoms with van der Waals surface area (Å²) < 4.78 is 27.6. The maximum atomic E-state index is 12.5. The van der Waals surface area contributed by atoms with Crippen molar-refractivity contribution >= 4 is 55.6 Å². The van der Waals surface area contributed by atoms with E-state index in [1.807, 2.05) is 30.3 Å². The summed E-state index contributed by atoms with van der Waals surface area (Å²) in [5.41, 5.74) is 0.851. The Morgan fingerprint density at radius 3 is 2.50 bits per heavy atom. The number of carboxylic acid groups (broad SMARTS) is 1. The molecule has 24 heavy (non-hydrogen) atoms. The molecule has 0 aliphatic carbocycles. The van der Waals surface area contributed by atoms with Gasteiger partial charge in [-0.15, -0.1) is 11.3 Å². The van der Waals surface area contributed by atoms with E-state index in [0.29, 0.717) is 4.34 Å². The normalized spacial score (nSPS) is 20.8. The molecule has 0 bridgehead atoms. The lowest BCUT2D eigenvalue weighted by molar-refractivity contribution is -0.140. The number of halogens is 1. The van der Waals surface area contributed by atoms with Gasteiger partial charge in [0.25, 0.3) is 10.0 Å². The molecule has 0 amide bonds. The summed E-state index contributed by atoms with van der Waals surface area (Å²) in [7, 11) is -3.98. The highest BCUT2D eigenvalue weighted by atomic mass is 35.5. The third-order valence-corrected chi connectivity index (χ3v) is 8.14. The summed E-state index contributed by atoms with van der Waals surface area (Å²) in [6, 6.07) is 12.1. The minimum Gasteiger partial charge on any atom is -0.479 e. The summed E-state index contributed by atoms with van der Waals surface area (Å²) >= 11 is 7.65. The van der Waals surface area contributed by atoms with Gasteiger partial charge in [-0.1, -0.05) is 59.8 Å². The standard InChI is InChI=1S/C15H12ClNO4S3/c16-12-6-7-13(22-12)24(20,21)17-15(14(18)19)9-8-11(23-15)10-4-2-1-3-5-10/h1-8,17H,9H2,(H,18,19). The molecule has 2 N–H and O–H groups in total. The van der Waals surface area contributed by atoms with E-state index in [1.54, 1.807) is 6.08 Å². The fraction of sp³-hybridized carbons (Fsp3) is 0.133. The van der Waals surface area contributed by atoms with Gasteiger partial charge in [0, 0.05) is 11.3 Å². The molecule has 0 saturated heterocycles. The number of carboxylic acids is 1. The molecule has 0 radical (unpaired) electrons. The molecule has 2 heterocycles. The predicted octanol–water partition coefficient (Wildman–Crippen LogP) is 3.64. The minimum absolute atomic E-state index is 0.0121. The summed E-state index contributed by atoms with van der Waals surface area (Å²) in [4.78, 5) is 10.9. The summed E-state index contributed by atoms with van der Waals surface area (Å²) in [6.07, 6.45) is 1.79. The third-order valence-electron chi connectivity index (χ3n) is 3.38. The first kappa shape index (κ1) is 17.5. The lowest BCUT2D eigenvalue weighted by atomic mass is 10.1. The maximum absolute atomic E-state index is 12.5. The van der Waals surface area contributed by atoms with Crippen molar-refractivity contribution in [3.05, 3.63) is 58.4 Å². The molecule has 3 rings (SSSR count). The van der Waals surface area contributed by atoms with Gasteiger partial charge in [0.1, 0.15) is 4.21 Å². The first-order chi connectivity index (χ1) is 11.3. The Kier molecular flexibility index (Phi) is 4.76. The van der Waals surface area contributed by atoms with Crippen LogP contribution >= 0.6 is 34.7 Å². The molecule has 2 aromatic rings. The van der Waals surface area contributed by atoms with Crippen molar-refractivity contribution in [3.8, 4) is 0 Å². The summed E-state index contributed by atoms with van der Waals surface area (Å²) in [5, 5.41) is 9.64. The average molecular weight is 402 g/mol. The molecule has 1 atom stereocenters. The van der Waals surface area contributed by atoms with E-state index in [1.165, 1.54) is 12.1 Å². The van der Waals surface area contributed by atoms with E-state index >= 15 is 0 Å². The number of nitrogens with one attached hydrogen (secondary N) is 1. The van der Waals surface area contributed by atoms with Gasteiger partial charge in [0.05, 0.1) is 4.34 Å². The van der Waals surface area contributed by atoms with Gasteiger partial charge in [-0.2, -0.15) is 4.72 Å². The third kappa shape index (κ3) is 3.38. The number of rotatable bonds is 5. The van der Waals surface area contributed by atoms with Gasteiger partial charge in [0.2, 0.25) is 0 Å². The molecule has 9 heteroatoms. The molecule has 0 saturated carbocycles. The van der Waals surface area contributed by atoms with Crippen LogP contribution in [-0.4, -0.2) is 24.4 Å². The Hall–Kier alpha value is -1.32. The second-order valence-electron chi connectivity index (χ2n) is 5.04. The largest absolute Gasteiger partial charge is 0.479 e. The highest BCUT2D eigenvalue weighted by Gasteiger charge is 2.47. The summed E-state index contributed by atoms with van der Waals surface area (Å²) in [6.45, 7) is 0. The Labute approximate surface area is 152 Å². The van der Waals surface area contributed by atoms with Crippen LogP contribution in [0.4, 0.5) is 0 Å². The number of carbonyl (C=O) groups is 1. The molecule has 1 aromatic heterocycles. The van der Waals surface area contributed by atoms with Gasteiger partial charge in [-0.05, 0) is 17.7 Å². The highest BCUT2D eigenvalue weighted by Crippen LogP contribution is 2.46. The molecule has 1 unspecified atom stereocenters. The van der Waals surface area contributed by atoms with Gasteiger partial charge >= 0.3 is 5.97 Å². The average Bonchev–Trinajstić information content (AvgIpc) is 3.16. The zero-order valence-corrected chi connectivity index (χ0v) is 15.3. The maximum Gasteiger partial charge on any atom is 0.336 e. The van der Waals surface area contributed by atoms with Crippen LogP contribution in [0.1, 0.15) is 12.0 Å². The van der Waals surface area contributed by atoms with Crippen LogP contribution < -0.4 is 4.72 Å². The lowest BCUT2D eigenvalue weighted by Gasteiger charge is -2.24. The van der Waals surface area contributed by atoms with E-state index in [4.69, 9.17) is 11.6 Å². The Morgan fingerprint density at radius 2 is 1.92 bits per heavy atom. The van der Waals surface area contributed by atoms with Gasteiger partial charge < -0.3 is 5.11 Å². The van der Waals surface area contributed by atoms with Crippen LogP contribution in [-0.2, 0) is 14.8 Å². The number of thioether (sulfide) groups is 1. The first-order valence-corrected chi connectivity index (χ1v) is 10.3. The Morgan fingerprint density at radius 1 is 1.21 bits per heavy atom. The number of aliphatic carboxylic acids is 1. The quantitative estimate of drug-likeness (QED) is 0.799. The zero-order valence-electron chi connectivity index (χ0n) is 12.1. The second-order valence-corrected chi connectivity index (χ2v) is 10.0. The van der Waals surface area contributed by atoms with Gasteiger partial charge in [-0.25, -0.2) is 13.2 Å². The van der Waals surface area contributed by atoms with E-state index in [-0.39, 0.29) is 10.6 Å². The van der Waals surface area contributed by atoms with Crippen molar-refractivity contribution in [2.45, 2.75) is 15.5 Å². The van der Waals surface area contributed by atoms with Crippen LogP contribution in [0.25, 0.3) is 4.91 Å². The van der Waals surface area contributed by atoms with Crippen LogP contribution in [0.15, 0.2) is 52.7 Å². The van der Waals surface area contributed by atoms with Crippen molar-refractivity contribution in [2.75, 3.05) is 0 Å². The molecule has 0 fully saturated rings. The number of thiophene rings is 1. The van der Waals surface area contributed by atoms with E-state index in [0.717, 1.165) is 33.6 Å². The van der Waals surface area contributed by atoms with Gasteiger partial charge in [0.15, 0.2) is 4.87 Å². The molecule has 1 aliphatic rings. The first-order valence-electron chi connectivity index (χ1n) is 6.80. The molecule has 5 nitrogen and oxygen atoms in total. The number of hydrogen-bond donors (Lipinski definition) is 2. The molecule has 1 aliphatic heterocycles. The second kappa shape index (κ2) is 6.53. The lowest BCUT2D eigenvalue weighted by Crippen LogP contribution is -2.50. The molecule has 126 valence electrons. The molecule has 0 spiro atoms. The monoisotopic (exact) mass is 401 g/mol. The van der Waals surface area contributed by atoms with Crippen molar-refractivity contribution in [3.63, 3.8) is 0 Å². The predicted molar refractivity (Wildman–Crippen MR) is 96.6 cm³/mol. The number of benzene rings is 1. The van der Waals surface area contributed by atoms with Crippen LogP contribution in [0.5, 0.6) is 0 Å². The topological polar surface area (TPSA) is 83.5 Å². The van der Waals surface area contributed by atoms with Crippen LogP contribution in [0.2, 0.25) is 4.34 Å². The number of sulfonamides is 1. The fourth-order valence-electron chi connectivity index (χ4n) is 2.23. The van der Waals surface area contributed by atoms with E-state index < -0.39 is 20.9 Å². The summed E-state index contributed by atoms with van der Waals surface area (Å²) in [5.74, 6) is -1.24. The van der Waals surface area contributed by atoms with Crippen molar-refractivity contribution in [1.82, 2.24) is 4.72 Å². The molecular weight excluding hydrogens is 390 g/mol. The molecular formula is C15H12ClNO4S3. The van der Waals surface area contributed by atoms with E-state index in [9.17, 15) is 18.3 Å². The SMILES string of the molecule is O=C(O)C1(NS(=O)(=O)c2ccc(Cl)s2)CC=C(c2ccccc2)S1. The minimum atomic E-state index is -3.98. The zero-order chi connectivity index (χ0) is 17.4. The van der Waals surface area contributed by atoms with Crippen molar-refractivity contribution < 1.29 is 18.3 Å². The Balaban J connectivity index is 1.88. The van der Waals surface area contributed by atoms with Crippen LogP contribution in [0.3, 0.4) is 0 Å².